The zero-order chi connectivity index (χ0) is 17.4. The Morgan fingerprint density at radius 1 is 1.35 bits per heavy atom. The number of ether oxygens (including phenoxy) is 1. The Morgan fingerprint density at radius 3 is 2.39 bits per heavy atom. The first-order valence-corrected chi connectivity index (χ1v) is 7.40. The Kier molecular flexibility index (Phi) is 7.35. The van der Waals surface area contributed by atoms with E-state index in [1.807, 2.05) is 0 Å². The summed E-state index contributed by atoms with van der Waals surface area (Å²) < 4.78 is 5.03. The first-order chi connectivity index (χ1) is 10.9. The topological polar surface area (TPSA) is 75.6 Å². The fourth-order valence-electron chi connectivity index (χ4n) is 2.12. The molecule has 0 heterocycles. The van der Waals surface area contributed by atoms with Gasteiger partial charge in [-0.2, -0.15) is 0 Å². The van der Waals surface area contributed by atoms with E-state index < -0.39 is 17.9 Å². The van der Waals surface area contributed by atoms with Gasteiger partial charge in [-0.05, 0) is 30.5 Å². The van der Waals surface area contributed by atoms with E-state index in [1.165, 1.54) is 13.2 Å². The van der Waals surface area contributed by atoms with Gasteiger partial charge in [-0.1, -0.05) is 29.8 Å². The van der Waals surface area contributed by atoms with E-state index in [1.54, 1.807) is 24.3 Å². The van der Waals surface area contributed by atoms with Crippen molar-refractivity contribution < 1.29 is 19.4 Å². The molecular weight excluding hydrogens is 318 g/mol. The van der Waals surface area contributed by atoms with E-state index in [0.717, 1.165) is 0 Å². The number of amides is 1. The lowest BCUT2D eigenvalue weighted by molar-refractivity contribution is -0.142. The van der Waals surface area contributed by atoms with Gasteiger partial charge in [0.05, 0.1) is 12.1 Å². The summed E-state index contributed by atoms with van der Waals surface area (Å²) in [5.41, 5.74) is 0.368. The zero-order valence-corrected chi connectivity index (χ0v) is 13.7. The summed E-state index contributed by atoms with van der Waals surface area (Å²) in [6.07, 6.45) is 4.11. The fraction of sp³-hybridized carbons (Fsp3) is 0.294. The largest absolute Gasteiger partial charge is 0.495 e. The minimum Gasteiger partial charge on any atom is -0.495 e. The predicted molar refractivity (Wildman–Crippen MR) is 89.6 cm³/mol. The monoisotopic (exact) mass is 337 g/mol. The van der Waals surface area contributed by atoms with Crippen LogP contribution in [0.2, 0.25) is 5.02 Å². The molecule has 0 aliphatic heterocycles. The molecule has 1 amide bonds. The number of nitrogens with one attached hydrogen (secondary N) is 1. The van der Waals surface area contributed by atoms with Crippen LogP contribution in [0.15, 0.2) is 43.5 Å². The number of hydrogen-bond donors (Lipinski definition) is 2. The third-order valence-electron chi connectivity index (χ3n) is 3.32. The number of carboxylic acid groups (broad SMARTS) is 1. The lowest BCUT2D eigenvalue weighted by Crippen LogP contribution is -2.37. The van der Waals surface area contributed by atoms with Crippen molar-refractivity contribution in [3.05, 3.63) is 54.1 Å². The molecule has 2 N–H and O–H groups in total. The molecule has 0 saturated carbocycles. The van der Waals surface area contributed by atoms with Crippen molar-refractivity contribution >= 4 is 23.5 Å². The summed E-state index contributed by atoms with van der Waals surface area (Å²) in [6, 6.07) is 3.39. The van der Waals surface area contributed by atoms with Gasteiger partial charge in [-0.25, -0.2) is 4.79 Å². The van der Waals surface area contributed by atoms with E-state index in [2.05, 4.69) is 18.5 Å². The van der Waals surface area contributed by atoms with Crippen LogP contribution in [-0.2, 0) is 9.59 Å². The second-order valence-electron chi connectivity index (χ2n) is 4.92. The summed E-state index contributed by atoms with van der Waals surface area (Å²) >= 11 is 6.02. The molecule has 0 aliphatic rings. The molecule has 1 unspecified atom stereocenters. The summed E-state index contributed by atoms with van der Waals surface area (Å²) in [6.45, 7) is 7.21. The molecule has 0 spiro atoms. The summed E-state index contributed by atoms with van der Waals surface area (Å²) in [5.74, 6) is -1.51. The molecule has 0 aromatic heterocycles. The van der Waals surface area contributed by atoms with Crippen LogP contribution in [0.1, 0.15) is 24.4 Å². The van der Waals surface area contributed by atoms with Crippen molar-refractivity contribution in [2.24, 2.45) is 5.92 Å². The van der Waals surface area contributed by atoms with E-state index >= 15 is 0 Å². The number of benzene rings is 1. The smallest absolute Gasteiger partial charge is 0.330 e. The third-order valence-corrected chi connectivity index (χ3v) is 3.61. The van der Waals surface area contributed by atoms with Crippen LogP contribution in [0.25, 0.3) is 0 Å². The molecule has 0 radical (unpaired) electrons. The van der Waals surface area contributed by atoms with Crippen LogP contribution in [0.3, 0.4) is 0 Å². The van der Waals surface area contributed by atoms with E-state index in [0.29, 0.717) is 24.2 Å². The molecule has 0 bridgehead atoms. The van der Waals surface area contributed by atoms with Gasteiger partial charge in [-0.15, -0.1) is 13.2 Å². The van der Waals surface area contributed by atoms with Crippen molar-refractivity contribution in [3.8, 4) is 5.75 Å². The Labute approximate surface area is 140 Å². The first kappa shape index (κ1) is 18.8. The van der Waals surface area contributed by atoms with Crippen LogP contribution in [0.4, 0.5) is 0 Å². The molecule has 23 heavy (non-hydrogen) atoms. The molecule has 5 nitrogen and oxygen atoms in total. The molecule has 1 atom stereocenters. The van der Waals surface area contributed by atoms with Gasteiger partial charge in [0.2, 0.25) is 5.91 Å². The molecule has 1 aromatic carbocycles. The number of methoxy groups -OCH3 is 1. The normalized spacial score (nSPS) is 11.6. The maximum atomic E-state index is 12.3. The molecule has 1 aromatic rings. The Morgan fingerprint density at radius 2 is 1.96 bits per heavy atom. The van der Waals surface area contributed by atoms with Gasteiger partial charge < -0.3 is 15.2 Å². The van der Waals surface area contributed by atoms with Gasteiger partial charge in [0, 0.05) is 5.92 Å². The van der Waals surface area contributed by atoms with Crippen LogP contribution < -0.4 is 10.1 Å². The highest BCUT2D eigenvalue weighted by Crippen LogP contribution is 2.28. The molecule has 0 fully saturated rings. The molecular formula is C17H20ClNO4. The quantitative estimate of drug-likeness (QED) is 0.677. The number of allylic oxidation sites excluding steroid dienone is 2. The maximum absolute atomic E-state index is 12.3. The highest BCUT2D eigenvalue weighted by atomic mass is 35.5. The van der Waals surface area contributed by atoms with Gasteiger partial charge in [0.1, 0.15) is 5.75 Å². The van der Waals surface area contributed by atoms with Crippen LogP contribution in [0, 0.1) is 5.92 Å². The second kappa shape index (κ2) is 9.00. The van der Waals surface area contributed by atoms with Crippen molar-refractivity contribution in [2.45, 2.75) is 18.9 Å². The van der Waals surface area contributed by atoms with Crippen molar-refractivity contribution in [3.63, 3.8) is 0 Å². The summed E-state index contributed by atoms with van der Waals surface area (Å²) in [5, 5.41) is 12.2. The number of halogens is 1. The number of carbonyl (C=O) groups excluding carboxylic acids is 1. The molecule has 0 aliphatic carbocycles. The zero-order valence-electron chi connectivity index (χ0n) is 12.9. The Balaban J connectivity index is 3.00. The standard InChI is InChI=1S/C17H20ClNO4/c1-4-6-11(7-5-2)16(20)19-15(17(21)22)12-8-9-14(23-3)13(18)10-12/h4-5,8-11,15H,1-2,6-7H2,3H3,(H,19,20)(H,21,22). The Hall–Kier alpha value is -2.27. The molecule has 124 valence electrons. The molecule has 0 saturated heterocycles. The van der Waals surface area contributed by atoms with E-state index in [9.17, 15) is 14.7 Å². The fourth-order valence-corrected chi connectivity index (χ4v) is 2.39. The van der Waals surface area contributed by atoms with E-state index in [-0.39, 0.29) is 10.9 Å². The predicted octanol–water partition coefficient (Wildman–Crippen LogP) is 3.36. The summed E-state index contributed by atoms with van der Waals surface area (Å²) in [4.78, 5) is 23.8. The number of rotatable bonds is 9. The minimum atomic E-state index is -1.19. The van der Waals surface area contributed by atoms with Crippen molar-refractivity contribution in [2.75, 3.05) is 7.11 Å². The van der Waals surface area contributed by atoms with Gasteiger partial charge >= 0.3 is 5.97 Å². The maximum Gasteiger partial charge on any atom is 0.330 e. The number of hydrogen-bond acceptors (Lipinski definition) is 3. The molecule has 6 heteroatoms. The van der Waals surface area contributed by atoms with Crippen LogP contribution in [-0.4, -0.2) is 24.1 Å². The average molecular weight is 338 g/mol. The van der Waals surface area contributed by atoms with Crippen molar-refractivity contribution in [1.29, 1.82) is 0 Å². The van der Waals surface area contributed by atoms with Crippen LogP contribution in [0.5, 0.6) is 5.75 Å². The average Bonchev–Trinajstić information content (AvgIpc) is 2.51. The highest BCUT2D eigenvalue weighted by molar-refractivity contribution is 6.32. The van der Waals surface area contributed by atoms with Crippen molar-refractivity contribution in [1.82, 2.24) is 5.32 Å². The van der Waals surface area contributed by atoms with E-state index in [4.69, 9.17) is 16.3 Å². The minimum absolute atomic E-state index is 0.277. The lowest BCUT2D eigenvalue weighted by Gasteiger charge is -2.19. The Bertz CT molecular complexity index is 590. The SMILES string of the molecule is C=CCC(CC=C)C(=O)NC(C(=O)O)c1ccc(OC)c(Cl)c1. The number of carboxylic acids is 1. The summed E-state index contributed by atoms with van der Waals surface area (Å²) in [7, 11) is 1.46. The van der Waals surface area contributed by atoms with Crippen LogP contribution >= 0.6 is 11.6 Å². The highest BCUT2D eigenvalue weighted by Gasteiger charge is 2.26. The third kappa shape index (κ3) is 5.14. The second-order valence-corrected chi connectivity index (χ2v) is 5.33. The molecule has 1 rings (SSSR count). The van der Waals surface area contributed by atoms with Gasteiger partial charge in [-0.3, -0.25) is 4.79 Å². The lowest BCUT2D eigenvalue weighted by atomic mass is 9.99. The number of aliphatic carboxylic acids is 1. The van der Waals surface area contributed by atoms with Gasteiger partial charge in [0.25, 0.3) is 0 Å². The number of carbonyl (C=O) groups is 2. The van der Waals surface area contributed by atoms with Gasteiger partial charge in [0.15, 0.2) is 6.04 Å². The first-order valence-electron chi connectivity index (χ1n) is 7.03.